The van der Waals surface area contributed by atoms with Crippen molar-refractivity contribution in [1.82, 2.24) is 19.7 Å². The van der Waals surface area contributed by atoms with Crippen LogP contribution in [0.25, 0.3) is 22.3 Å². The van der Waals surface area contributed by atoms with Gasteiger partial charge in [-0.25, -0.2) is 0 Å². The zero-order valence-corrected chi connectivity index (χ0v) is 20.0. The molecule has 0 amide bonds. The number of ether oxygens (including phenoxy) is 1. The van der Waals surface area contributed by atoms with Crippen LogP contribution in [0, 0.1) is 20.8 Å². The number of thioether (sulfide) groups is 1. The van der Waals surface area contributed by atoms with E-state index in [0.29, 0.717) is 12.3 Å². The van der Waals surface area contributed by atoms with Crippen molar-refractivity contribution in [2.45, 2.75) is 51.4 Å². The molecule has 0 radical (unpaired) electrons. The Morgan fingerprint density at radius 2 is 1.97 bits per heavy atom. The molecule has 2 aromatic heterocycles. The van der Waals surface area contributed by atoms with Crippen LogP contribution in [-0.2, 0) is 11.3 Å². The van der Waals surface area contributed by atoms with Gasteiger partial charge in [0.05, 0.1) is 18.4 Å². The molecular weight excluding hydrogens is 432 g/mol. The number of Topliss-reactive ketones (excluding diaryl/α,β-unsaturated/α-hetero) is 1. The molecule has 1 aliphatic rings. The molecule has 1 fully saturated rings. The van der Waals surface area contributed by atoms with E-state index in [-0.39, 0.29) is 11.9 Å². The highest BCUT2D eigenvalue weighted by Gasteiger charge is 2.24. The van der Waals surface area contributed by atoms with Gasteiger partial charge in [-0.2, -0.15) is 0 Å². The van der Waals surface area contributed by atoms with Crippen LogP contribution in [0.2, 0.25) is 0 Å². The molecule has 1 N–H and O–H groups in total. The number of fused-ring (bicyclic) bond motifs is 1. The van der Waals surface area contributed by atoms with Gasteiger partial charge in [-0.3, -0.25) is 9.36 Å². The minimum absolute atomic E-state index is 0.121. The number of para-hydroxylation sites is 1. The second-order valence-electron chi connectivity index (χ2n) is 8.79. The van der Waals surface area contributed by atoms with Gasteiger partial charge in [0.1, 0.15) is 0 Å². The third-order valence-electron chi connectivity index (χ3n) is 6.25. The molecule has 0 saturated carbocycles. The molecule has 1 atom stereocenters. The summed E-state index contributed by atoms with van der Waals surface area (Å²) in [5.41, 5.74) is 6.12. The quantitative estimate of drug-likeness (QED) is 0.291. The summed E-state index contributed by atoms with van der Waals surface area (Å²) in [6, 6.07) is 12.3. The lowest BCUT2D eigenvalue weighted by atomic mass is 9.97. The van der Waals surface area contributed by atoms with Crippen molar-refractivity contribution in [2.75, 3.05) is 12.4 Å². The molecule has 0 spiro atoms. The number of aryl methyl sites for hydroxylation is 3. The molecule has 2 aromatic carbocycles. The minimum Gasteiger partial charge on any atom is -0.376 e. The first-order valence-corrected chi connectivity index (χ1v) is 12.3. The van der Waals surface area contributed by atoms with Crippen molar-refractivity contribution in [3.8, 4) is 11.4 Å². The molecule has 7 heteroatoms. The van der Waals surface area contributed by atoms with E-state index in [0.717, 1.165) is 63.6 Å². The number of carbonyl (C=O) groups is 1. The highest BCUT2D eigenvalue weighted by molar-refractivity contribution is 7.99. The Labute approximate surface area is 197 Å². The number of benzene rings is 2. The topological polar surface area (TPSA) is 72.8 Å². The predicted octanol–water partition coefficient (Wildman–Crippen LogP) is 5.51. The van der Waals surface area contributed by atoms with Crippen molar-refractivity contribution >= 4 is 28.4 Å². The Hall–Kier alpha value is -2.90. The van der Waals surface area contributed by atoms with Gasteiger partial charge in [0.15, 0.2) is 16.8 Å². The number of rotatable bonds is 7. The fourth-order valence-electron chi connectivity index (χ4n) is 4.83. The van der Waals surface area contributed by atoms with Gasteiger partial charge in [-0.1, -0.05) is 47.7 Å². The lowest BCUT2D eigenvalue weighted by molar-refractivity contribution is 0.0953. The van der Waals surface area contributed by atoms with Gasteiger partial charge in [-0.05, 0) is 50.8 Å². The monoisotopic (exact) mass is 460 g/mol. The first-order valence-electron chi connectivity index (χ1n) is 11.4. The van der Waals surface area contributed by atoms with E-state index in [1.54, 1.807) is 0 Å². The Bertz CT molecular complexity index is 1290. The number of aromatic amines is 1. The van der Waals surface area contributed by atoms with Crippen molar-refractivity contribution < 1.29 is 9.53 Å². The maximum absolute atomic E-state index is 13.1. The van der Waals surface area contributed by atoms with Crippen molar-refractivity contribution in [2.24, 2.45) is 0 Å². The summed E-state index contributed by atoms with van der Waals surface area (Å²) in [5, 5.41) is 10.9. The number of aromatic nitrogens is 4. The number of ketones is 1. The summed E-state index contributed by atoms with van der Waals surface area (Å²) in [7, 11) is 0. The molecule has 5 rings (SSSR count). The molecule has 4 aromatic rings. The second-order valence-corrected chi connectivity index (χ2v) is 9.73. The van der Waals surface area contributed by atoms with Crippen molar-refractivity contribution in [3.63, 3.8) is 0 Å². The van der Waals surface area contributed by atoms with Gasteiger partial charge in [0.2, 0.25) is 0 Å². The van der Waals surface area contributed by atoms with Crippen LogP contribution in [0.4, 0.5) is 0 Å². The maximum atomic E-state index is 13.1. The Kier molecular flexibility index (Phi) is 6.08. The number of nitrogens with zero attached hydrogens (tertiary/aromatic N) is 3. The summed E-state index contributed by atoms with van der Waals surface area (Å²) in [6.45, 7) is 7.55. The Morgan fingerprint density at radius 1 is 1.18 bits per heavy atom. The van der Waals surface area contributed by atoms with Crippen LogP contribution in [0.15, 0.2) is 47.8 Å². The number of H-pyrrole nitrogens is 1. The third-order valence-corrected chi connectivity index (χ3v) is 7.21. The highest BCUT2D eigenvalue weighted by Crippen LogP contribution is 2.31. The number of hydrogen-bond donors (Lipinski definition) is 1. The summed E-state index contributed by atoms with van der Waals surface area (Å²) < 4.78 is 8.04. The summed E-state index contributed by atoms with van der Waals surface area (Å²) in [4.78, 5) is 16.5. The average molecular weight is 461 g/mol. The summed E-state index contributed by atoms with van der Waals surface area (Å²) in [6.07, 6.45) is 4.22. The first-order chi connectivity index (χ1) is 16.0. The summed E-state index contributed by atoms with van der Waals surface area (Å²) >= 11 is 1.45. The van der Waals surface area contributed by atoms with E-state index in [4.69, 9.17) is 4.74 Å². The van der Waals surface area contributed by atoms with Gasteiger partial charge in [0.25, 0.3) is 0 Å². The van der Waals surface area contributed by atoms with E-state index >= 15 is 0 Å². The molecule has 3 heterocycles. The van der Waals surface area contributed by atoms with E-state index in [1.807, 2.05) is 32.2 Å². The predicted molar refractivity (Wildman–Crippen MR) is 132 cm³/mol. The number of hydrogen-bond acceptors (Lipinski definition) is 5. The van der Waals surface area contributed by atoms with E-state index < -0.39 is 0 Å². The van der Waals surface area contributed by atoms with Crippen LogP contribution in [0.1, 0.15) is 39.9 Å². The van der Waals surface area contributed by atoms with Crippen LogP contribution in [-0.4, -0.2) is 44.0 Å². The fraction of sp³-hybridized carbons (Fsp3) is 0.346. The zero-order chi connectivity index (χ0) is 22.9. The van der Waals surface area contributed by atoms with Gasteiger partial charge in [-0.15, -0.1) is 10.2 Å². The van der Waals surface area contributed by atoms with Gasteiger partial charge in [0, 0.05) is 34.8 Å². The highest BCUT2D eigenvalue weighted by atomic mass is 32.2. The van der Waals surface area contributed by atoms with Crippen LogP contribution in [0.5, 0.6) is 0 Å². The fourth-order valence-corrected chi connectivity index (χ4v) is 5.65. The lowest BCUT2D eigenvalue weighted by Gasteiger charge is -2.15. The molecule has 33 heavy (non-hydrogen) atoms. The lowest BCUT2D eigenvalue weighted by Crippen LogP contribution is -2.17. The third kappa shape index (κ3) is 4.35. The van der Waals surface area contributed by atoms with Crippen molar-refractivity contribution in [1.29, 1.82) is 0 Å². The Balaban J connectivity index is 1.45. The molecule has 0 unspecified atom stereocenters. The second kappa shape index (κ2) is 9.15. The molecule has 6 nitrogen and oxygen atoms in total. The molecule has 0 aliphatic carbocycles. The normalized spacial score (nSPS) is 16.0. The van der Waals surface area contributed by atoms with Crippen LogP contribution < -0.4 is 0 Å². The largest absolute Gasteiger partial charge is 0.376 e. The number of nitrogens with one attached hydrogen (secondary N) is 1. The van der Waals surface area contributed by atoms with E-state index in [1.165, 1.54) is 17.3 Å². The molecule has 0 bridgehead atoms. The number of carbonyl (C=O) groups excluding carboxylic acids is 1. The van der Waals surface area contributed by atoms with Gasteiger partial charge < -0.3 is 9.72 Å². The maximum Gasteiger partial charge on any atom is 0.192 e. The Morgan fingerprint density at radius 3 is 2.73 bits per heavy atom. The van der Waals surface area contributed by atoms with Crippen LogP contribution in [0.3, 0.4) is 0 Å². The first kappa shape index (κ1) is 21.9. The molecule has 1 aliphatic heterocycles. The van der Waals surface area contributed by atoms with E-state index in [9.17, 15) is 4.79 Å². The summed E-state index contributed by atoms with van der Waals surface area (Å²) in [5.74, 6) is 1.25. The van der Waals surface area contributed by atoms with Crippen molar-refractivity contribution in [3.05, 3.63) is 64.8 Å². The minimum atomic E-state index is 0.121. The zero-order valence-electron chi connectivity index (χ0n) is 19.2. The SMILES string of the molecule is Cc1cc(C)c(C(=O)CSc2nnc(-c3c[nH]c4ccccc34)n2C[C@H]2CCCO2)c(C)c1. The standard InChI is InChI=1S/C26H28N4O2S/c1-16-11-17(2)24(18(3)12-16)23(31)15-33-26-29-28-25(30(26)14-19-7-6-10-32-19)21-13-27-22-9-5-4-8-20(21)22/h4-5,8-9,11-13,19,27H,6-7,10,14-15H2,1-3H3/t19-/m1/s1. The van der Waals surface area contributed by atoms with Gasteiger partial charge >= 0.3 is 0 Å². The molecule has 1 saturated heterocycles. The van der Waals surface area contributed by atoms with Crippen LogP contribution >= 0.6 is 11.8 Å². The molecule has 170 valence electrons. The molecular formula is C26H28N4O2S. The average Bonchev–Trinajstić information content (AvgIpc) is 3.52. The van der Waals surface area contributed by atoms with E-state index in [2.05, 4.69) is 50.9 Å². The smallest absolute Gasteiger partial charge is 0.192 e.